The van der Waals surface area contributed by atoms with E-state index in [2.05, 4.69) is 62.3 Å². The number of nitrogens with zero attached hydrogens (tertiary/aromatic N) is 1. The van der Waals surface area contributed by atoms with Gasteiger partial charge in [-0.2, -0.15) is 0 Å². The number of thiazole rings is 1. The number of benzene rings is 1. The third-order valence-electron chi connectivity index (χ3n) is 4.53. The van der Waals surface area contributed by atoms with Crippen LogP contribution in [0.4, 0.5) is 0 Å². The van der Waals surface area contributed by atoms with Crippen molar-refractivity contribution in [2.75, 3.05) is 0 Å². The summed E-state index contributed by atoms with van der Waals surface area (Å²) in [5, 5.41) is 3.15. The molecule has 0 radical (unpaired) electrons. The van der Waals surface area contributed by atoms with Gasteiger partial charge in [0.05, 0.1) is 10.7 Å². The molecule has 0 fully saturated rings. The third-order valence-corrected chi connectivity index (χ3v) is 5.35. The summed E-state index contributed by atoms with van der Waals surface area (Å²) in [6.45, 7) is 11.9. The Morgan fingerprint density at radius 2 is 1.75 bits per heavy atom. The molecule has 0 aliphatic heterocycles. The van der Waals surface area contributed by atoms with E-state index in [-0.39, 0.29) is 0 Å². The fraction of sp³-hybridized carbons (Fsp3) is 0.571. The van der Waals surface area contributed by atoms with Crippen LogP contribution in [-0.4, -0.2) is 4.98 Å². The van der Waals surface area contributed by atoms with Crippen LogP contribution in [-0.2, 0) is 13.0 Å². The van der Waals surface area contributed by atoms with Gasteiger partial charge in [0.1, 0.15) is 12.4 Å². The summed E-state index contributed by atoms with van der Waals surface area (Å²) in [6.07, 6.45) is 3.80. The summed E-state index contributed by atoms with van der Waals surface area (Å²) in [5.41, 5.74) is 2.42. The van der Waals surface area contributed by atoms with Gasteiger partial charge in [0.2, 0.25) is 0 Å². The smallest absolute Gasteiger partial charge is 0.131 e. The fourth-order valence-electron chi connectivity index (χ4n) is 2.87. The van der Waals surface area contributed by atoms with Crippen molar-refractivity contribution in [3.63, 3.8) is 0 Å². The Hall–Kier alpha value is -1.35. The zero-order valence-electron chi connectivity index (χ0n) is 15.7. The molecular formula is C21H31NOS. The van der Waals surface area contributed by atoms with Crippen molar-refractivity contribution in [3.05, 3.63) is 45.9 Å². The van der Waals surface area contributed by atoms with E-state index in [4.69, 9.17) is 4.74 Å². The van der Waals surface area contributed by atoms with Gasteiger partial charge in [-0.15, -0.1) is 11.3 Å². The lowest BCUT2D eigenvalue weighted by molar-refractivity contribution is 0.301. The summed E-state index contributed by atoms with van der Waals surface area (Å²) in [7, 11) is 0. The number of aryl methyl sites for hydroxylation is 1. The zero-order chi connectivity index (χ0) is 17.5. The molecule has 3 heteroatoms. The minimum atomic E-state index is 0.548. The molecule has 0 saturated heterocycles. The quantitative estimate of drug-likeness (QED) is 0.533. The molecule has 0 amide bonds. The van der Waals surface area contributed by atoms with Gasteiger partial charge in [0, 0.05) is 5.38 Å². The molecule has 2 rings (SSSR count). The van der Waals surface area contributed by atoms with E-state index in [0.29, 0.717) is 6.61 Å². The molecule has 1 aromatic heterocycles. The second-order valence-corrected chi connectivity index (χ2v) is 8.53. The van der Waals surface area contributed by atoms with E-state index in [1.807, 2.05) is 6.92 Å². The second kappa shape index (κ2) is 9.22. The number of hydrogen-bond acceptors (Lipinski definition) is 3. The van der Waals surface area contributed by atoms with Gasteiger partial charge >= 0.3 is 0 Å². The van der Waals surface area contributed by atoms with Crippen LogP contribution in [0.2, 0.25) is 0 Å². The monoisotopic (exact) mass is 345 g/mol. The summed E-state index contributed by atoms with van der Waals surface area (Å²) in [4.78, 5) is 4.43. The molecule has 1 aromatic carbocycles. The summed E-state index contributed by atoms with van der Waals surface area (Å²) in [5.74, 6) is 3.20. The normalized spacial score (nSPS) is 12.8. The Morgan fingerprint density at radius 3 is 2.29 bits per heavy atom. The molecule has 24 heavy (non-hydrogen) atoms. The molecule has 1 heterocycles. The van der Waals surface area contributed by atoms with Crippen molar-refractivity contribution < 1.29 is 4.74 Å². The highest BCUT2D eigenvalue weighted by atomic mass is 32.1. The molecule has 0 aliphatic rings. The lowest BCUT2D eigenvalue weighted by atomic mass is 9.84. The SMILES string of the molecule is Cc1nc(COc2ccc(C[C@@H](CCC(C)C)C(C)C)cc2)cs1. The Labute approximate surface area is 151 Å². The van der Waals surface area contributed by atoms with Crippen LogP contribution in [0.15, 0.2) is 29.6 Å². The Morgan fingerprint density at radius 1 is 1.04 bits per heavy atom. The van der Waals surface area contributed by atoms with Crippen molar-refractivity contribution >= 4 is 11.3 Å². The topological polar surface area (TPSA) is 22.1 Å². The highest BCUT2D eigenvalue weighted by molar-refractivity contribution is 7.09. The first kappa shape index (κ1) is 19.0. The predicted octanol–water partition coefficient (Wildman–Crippen LogP) is 6.28. The lowest BCUT2D eigenvalue weighted by Gasteiger charge is -2.22. The summed E-state index contributed by atoms with van der Waals surface area (Å²) < 4.78 is 5.84. The Bertz CT molecular complexity index is 601. The second-order valence-electron chi connectivity index (χ2n) is 7.47. The van der Waals surface area contributed by atoms with Gasteiger partial charge in [-0.3, -0.25) is 0 Å². The maximum absolute atomic E-state index is 5.84. The van der Waals surface area contributed by atoms with Crippen LogP contribution in [0.1, 0.15) is 56.8 Å². The van der Waals surface area contributed by atoms with Crippen LogP contribution in [0, 0.1) is 24.7 Å². The average Bonchev–Trinajstić information content (AvgIpc) is 2.95. The van der Waals surface area contributed by atoms with E-state index < -0.39 is 0 Å². The van der Waals surface area contributed by atoms with E-state index in [9.17, 15) is 0 Å². The number of ether oxygens (including phenoxy) is 1. The molecule has 0 saturated carbocycles. The first-order chi connectivity index (χ1) is 11.4. The van der Waals surface area contributed by atoms with E-state index in [0.717, 1.165) is 40.6 Å². The first-order valence-electron chi connectivity index (χ1n) is 9.06. The molecule has 2 nitrogen and oxygen atoms in total. The predicted molar refractivity (Wildman–Crippen MR) is 104 cm³/mol. The minimum absolute atomic E-state index is 0.548. The lowest BCUT2D eigenvalue weighted by Crippen LogP contribution is -2.13. The molecule has 0 spiro atoms. The Kier molecular flexibility index (Phi) is 7.29. The molecule has 0 aliphatic carbocycles. The number of aromatic nitrogens is 1. The van der Waals surface area contributed by atoms with Crippen molar-refractivity contribution in [2.24, 2.45) is 17.8 Å². The average molecular weight is 346 g/mol. The molecule has 0 unspecified atom stereocenters. The van der Waals surface area contributed by atoms with E-state index >= 15 is 0 Å². The van der Waals surface area contributed by atoms with Gasteiger partial charge < -0.3 is 4.74 Å². The van der Waals surface area contributed by atoms with Gasteiger partial charge in [-0.05, 0) is 55.2 Å². The zero-order valence-corrected chi connectivity index (χ0v) is 16.5. The van der Waals surface area contributed by atoms with Crippen molar-refractivity contribution in [1.82, 2.24) is 4.98 Å². The van der Waals surface area contributed by atoms with Crippen LogP contribution in [0.5, 0.6) is 5.75 Å². The Balaban J connectivity index is 1.87. The fourth-order valence-corrected chi connectivity index (χ4v) is 3.47. The van der Waals surface area contributed by atoms with Crippen molar-refractivity contribution in [2.45, 2.75) is 60.5 Å². The van der Waals surface area contributed by atoms with Crippen LogP contribution < -0.4 is 4.74 Å². The first-order valence-corrected chi connectivity index (χ1v) is 9.94. The van der Waals surface area contributed by atoms with E-state index in [1.165, 1.54) is 18.4 Å². The standard InChI is InChI=1S/C21H31NOS/c1-15(2)6-9-19(16(3)4)12-18-7-10-21(11-8-18)23-13-20-14-24-17(5)22-20/h7-8,10-11,14-16,19H,6,9,12-13H2,1-5H3/t19-/m1/s1. The van der Waals surface area contributed by atoms with Gasteiger partial charge in [-0.25, -0.2) is 4.98 Å². The highest BCUT2D eigenvalue weighted by Crippen LogP contribution is 2.25. The summed E-state index contributed by atoms with van der Waals surface area (Å²) >= 11 is 1.67. The van der Waals surface area contributed by atoms with Gasteiger partial charge in [0.15, 0.2) is 0 Å². The maximum Gasteiger partial charge on any atom is 0.131 e. The molecule has 132 valence electrons. The minimum Gasteiger partial charge on any atom is -0.487 e. The molecule has 1 atom stereocenters. The van der Waals surface area contributed by atoms with Gasteiger partial charge in [0.25, 0.3) is 0 Å². The van der Waals surface area contributed by atoms with Crippen molar-refractivity contribution in [3.8, 4) is 5.75 Å². The maximum atomic E-state index is 5.84. The van der Waals surface area contributed by atoms with Crippen LogP contribution in [0.25, 0.3) is 0 Å². The van der Waals surface area contributed by atoms with Crippen molar-refractivity contribution in [1.29, 1.82) is 0 Å². The third kappa shape index (κ3) is 6.27. The van der Waals surface area contributed by atoms with Gasteiger partial charge in [-0.1, -0.05) is 46.2 Å². The summed E-state index contributed by atoms with van der Waals surface area (Å²) in [6, 6.07) is 8.61. The van der Waals surface area contributed by atoms with Crippen LogP contribution in [0.3, 0.4) is 0 Å². The largest absolute Gasteiger partial charge is 0.487 e. The number of rotatable bonds is 9. The number of hydrogen-bond donors (Lipinski definition) is 0. The molecular weight excluding hydrogens is 314 g/mol. The molecule has 0 N–H and O–H groups in total. The molecule has 0 bridgehead atoms. The van der Waals surface area contributed by atoms with E-state index in [1.54, 1.807) is 11.3 Å². The molecule has 2 aromatic rings. The highest BCUT2D eigenvalue weighted by Gasteiger charge is 2.14. The van der Waals surface area contributed by atoms with Crippen LogP contribution >= 0.6 is 11.3 Å².